The van der Waals surface area contributed by atoms with Crippen molar-refractivity contribution in [1.29, 1.82) is 0 Å². The molecule has 1 aromatic heterocycles. The molecule has 0 saturated carbocycles. The number of amides is 1. The van der Waals surface area contributed by atoms with Crippen molar-refractivity contribution in [2.24, 2.45) is 7.05 Å². The number of rotatable bonds is 4. The van der Waals surface area contributed by atoms with Gasteiger partial charge in [-0.25, -0.2) is 8.78 Å². The molecule has 2 N–H and O–H groups in total. The number of hydrogen-bond acceptors (Lipinski definition) is 3. The number of aryl methyl sites for hydroxylation is 1. The first kappa shape index (κ1) is 15.1. The molecule has 2 aromatic rings. The zero-order valence-electron chi connectivity index (χ0n) is 11.5. The van der Waals surface area contributed by atoms with Crippen LogP contribution in [0.1, 0.15) is 30.2 Å². The first-order valence-corrected chi connectivity index (χ1v) is 6.30. The van der Waals surface area contributed by atoms with Crippen LogP contribution in [0.2, 0.25) is 0 Å². The van der Waals surface area contributed by atoms with E-state index >= 15 is 0 Å². The molecule has 1 heterocycles. The molecular weight excluding hydrogens is 280 g/mol. The second-order valence-corrected chi connectivity index (χ2v) is 4.75. The highest BCUT2D eigenvalue weighted by Gasteiger charge is 2.22. The number of halogens is 2. The Hall–Kier alpha value is -2.28. The molecule has 0 saturated heterocycles. The molecule has 5 nitrogen and oxygen atoms in total. The molecule has 0 unspecified atom stereocenters. The van der Waals surface area contributed by atoms with Gasteiger partial charge in [0.05, 0.1) is 12.2 Å². The molecule has 1 amide bonds. The third-order valence-corrected chi connectivity index (χ3v) is 3.08. The molecular formula is C14H15F2N3O2. The largest absolute Gasteiger partial charge is 0.378 e. The smallest absolute Gasteiger partial charge is 0.254 e. The van der Waals surface area contributed by atoms with Crippen LogP contribution < -0.4 is 5.32 Å². The molecule has 0 aliphatic heterocycles. The number of aliphatic hydroxyl groups excluding tert-OH is 1. The van der Waals surface area contributed by atoms with E-state index in [1.54, 1.807) is 14.0 Å². The van der Waals surface area contributed by atoms with Crippen LogP contribution in [0.3, 0.4) is 0 Å². The number of carbonyl (C=O) groups is 1. The summed E-state index contributed by atoms with van der Waals surface area (Å²) in [7, 11) is 1.66. The van der Waals surface area contributed by atoms with Crippen LogP contribution in [0.4, 0.5) is 8.78 Å². The van der Waals surface area contributed by atoms with Gasteiger partial charge in [-0.3, -0.25) is 9.48 Å². The molecule has 0 radical (unpaired) electrons. The minimum atomic E-state index is -1.40. The van der Waals surface area contributed by atoms with Gasteiger partial charge in [-0.1, -0.05) is 6.07 Å². The van der Waals surface area contributed by atoms with Gasteiger partial charge in [-0.2, -0.15) is 5.10 Å². The Morgan fingerprint density at radius 2 is 2.14 bits per heavy atom. The van der Waals surface area contributed by atoms with Gasteiger partial charge in [0, 0.05) is 30.4 Å². The monoisotopic (exact) mass is 295 g/mol. The summed E-state index contributed by atoms with van der Waals surface area (Å²) in [5, 5.41) is 16.2. The number of nitrogens with zero attached hydrogens (tertiary/aromatic N) is 2. The zero-order chi connectivity index (χ0) is 15.6. The lowest BCUT2D eigenvalue weighted by molar-refractivity contribution is -0.130. The summed E-state index contributed by atoms with van der Waals surface area (Å²) < 4.78 is 27.9. The average molecular weight is 295 g/mol. The van der Waals surface area contributed by atoms with E-state index < -0.39 is 29.7 Å². The first-order valence-electron chi connectivity index (χ1n) is 6.30. The van der Waals surface area contributed by atoms with E-state index in [4.69, 9.17) is 0 Å². The Bertz CT molecular complexity index is 657. The summed E-state index contributed by atoms with van der Waals surface area (Å²) in [6, 6.07) is 2.41. The third-order valence-electron chi connectivity index (χ3n) is 3.08. The molecule has 21 heavy (non-hydrogen) atoms. The maximum absolute atomic E-state index is 13.6. The normalized spacial score (nSPS) is 13.8. The molecule has 0 spiro atoms. The number of benzene rings is 1. The van der Waals surface area contributed by atoms with Gasteiger partial charge in [0.2, 0.25) is 0 Å². The minimum Gasteiger partial charge on any atom is -0.378 e. The maximum atomic E-state index is 13.6. The Morgan fingerprint density at radius 3 is 2.71 bits per heavy atom. The van der Waals surface area contributed by atoms with Crippen LogP contribution in [0.25, 0.3) is 0 Å². The molecule has 112 valence electrons. The van der Waals surface area contributed by atoms with Crippen molar-refractivity contribution in [2.45, 2.75) is 19.1 Å². The Kier molecular flexibility index (Phi) is 4.32. The number of hydrogen-bond donors (Lipinski definition) is 2. The van der Waals surface area contributed by atoms with Crippen molar-refractivity contribution in [3.63, 3.8) is 0 Å². The summed E-state index contributed by atoms with van der Waals surface area (Å²) in [4.78, 5) is 11.9. The van der Waals surface area contributed by atoms with Gasteiger partial charge < -0.3 is 10.4 Å². The average Bonchev–Trinajstić information content (AvgIpc) is 2.84. The summed E-state index contributed by atoms with van der Waals surface area (Å²) in [6.07, 6.45) is 1.48. The van der Waals surface area contributed by atoms with E-state index in [9.17, 15) is 18.7 Å². The summed E-state index contributed by atoms with van der Waals surface area (Å²) in [5.74, 6) is -2.12. The van der Waals surface area contributed by atoms with Crippen LogP contribution in [0.15, 0.2) is 30.6 Å². The van der Waals surface area contributed by atoms with Gasteiger partial charge in [0.15, 0.2) is 6.10 Å². The van der Waals surface area contributed by atoms with Crippen molar-refractivity contribution in [3.8, 4) is 0 Å². The van der Waals surface area contributed by atoms with Gasteiger partial charge in [0.1, 0.15) is 11.6 Å². The van der Waals surface area contributed by atoms with E-state index in [1.807, 2.05) is 0 Å². The topological polar surface area (TPSA) is 67.2 Å². The quantitative estimate of drug-likeness (QED) is 0.900. The predicted molar refractivity (Wildman–Crippen MR) is 71.1 cm³/mol. The lowest BCUT2D eigenvalue weighted by Gasteiger charge is -2.17. The second kappa shape index (κ2) is 6.01. The maximum Gasteiger partial charge on any atom is 0.254 e. The van der Waals surface area contributed by atoms with Crippen molar-refractivity contribution in [3.05, 3.63) is 53.4 Å². The zero-order valence-corrected chi connectivity index (χ0v) is 11.5. The van der Waals surface area contributed by atoms with Crippen molar-refractivity contribution < 1.29 is 18.7 Å². The van der Waals surface area contributed by atoms with Crippen molar-refractivity contribution in [2.75, 3.05) is 0 Å². The highest BCUT2D eigenvalue weighted by molar-refractivity contribution is 5.82. The van der Waals surface area contributed by atoms with Gasteiger partial charge >= 0.3 is 0 Å². The molecule has 0 bridgehead atoms. The fraction of sp³-hybridized carbons (Fsp3) is 0.286. The summed E-state index contributed by atoms with van der Waals surface area (Å²) >= 11 is 0. The Balaban J connectivity index is 2.08. The molecule has 2 rings (SSSR count). The standard InChI is InChI=1S/C14H15F2N3O2/c1-8(11-4-3-10(15)5-12(11)16)18-14(21)13(20)9-6-17-19(2)7-9/h3-8,13,20H,1-2H3,(H,18,21)/t8-,13+/m1/s1. The van der Waals surface area contributed by atoms with Crippen LogP contribution >= 0.6 is 0 Å². The SMILES string of the molecule is C[C@@H](NC(=O)[C@@H](O)c1cnn(C)c1)c1ccc(F)cc1F. The van der Waals surface area contributed by atoms with E-state index in [1.165, 1.54) is 23.1 Å². The Labute approximate surface area is 120 Å². The van der Waals surface area contributed by atoms with E-state index in [2.05, 4.69) is 10.4 Å². The van der Waals surface area contributed by atoms with E-state index in [-0.39, 0.29) is 5.56 Å². The Morgan fingerprint density at radius 1 is 1.43 bits per heavy atom. The number of aromatic nitrogens is 2. The number of nitrogens with one attached hydrogen (secondary N) is 1. The van der Waals surface area contributed by atoms with Crippen LogP contribution in [0.5, 0.6) is 0 Å². The van der Waals surface area contributed by atoms with E-state index in [0.29, 0.717) is 5.56 Å². The molecule has 1 aromatic carbocycles. The lowest BCUT2D eigenvalue weighted by atomic mass is 10.1. The van der Waals surface area contributed by atoms with Gasteiger partial charge in [-0.15, -0.1) is 0 Å². The fourth-order valence-electron chi connectivity index (χ4n) is 1.96. The van der Waals surface area contributed by atoms with Gasteiger partial charge in [-0.05, 0) is 13.0 Å². The van der Waals surface area contributed by atoms with Crippen LogP contribution in [-0.2, 0) is 11.8 Å². The van der Waals surface area contributed by atoms with Crippen molar-refractivity contribution >= 4 is 5.91 Å². The summed E-state index contributed by atoms with van der Waals surface area (Å²) in [6.45, 7) is 1.55. The molecule has 0 fully saturated rings. The third kappa shape index (κ3) is 3.43. The fourth-order valence-corrected chi connectivity index (χ4v) is 1.96. The highest BCUT2D eigenvalue weighted by atomic mass is 19.1. The molecule has 7 heteroatoms. The molecule has 0 aliphatic carbocycles. The van der Waals surface area contributed by atoms with Gasteiger partial charge in [0.25, 0.3) is 5.91 Å². The number of aliphatic hydroxyl groups is 1. The highest BCUT2D eigenvalue weighted by Crippen LogP contribution is 2.19. The lowest BCUT2D eigenvalue weighted by Crippen LogP contribution is -2.32. The van der Waals surface area contributed by atoms with Crippen LogP contribution in [0, 0.1) is 11.6 Å². The predicted octanol–water partition coefficient (Wildman–Crippen LogP) is 1.61. The molecule has 0 aliphatic rings. The second-order valence-electron chi connectivity index (χ2n) is 4.75. The van der Waals surface area contributed by atoms with Crippen molar-refractivity contribution in [1.82, 2.24) is 15.1 Å². The van der Waals surface area contributed by atoms with E-state index in [0.717, 1.165) is 12.1 Å². The summed E-state index contributed by atoms with van der Waals surface area (Å²) in [5.41, 5.74) is 0.477. The molecule has 2 atom stereocenters. The first-order chi connectivity index (χ1) is 9.88. The van der Waals surface area contributed by atoms with Crippen LogP contribution in [-0.4, -0.2) is 20.8 Å². The number of carbonyl (C=O) groups excluding carboxylic acids is 1. The minimum absolute atomic E-state index is 0.142.